The number of nitrogens with one attached hydrogen (secondary N) is 1. The average Bonchev–Trinajstić information content (AvgIpc) is 2.45. The van der Waals surface area contributed by atoms with Crippen LogP contribution in [0.3, 0.4) is 0 Å². The molecule has 0 atom stereocenters. The highest BCUT2D eigenvalue weighted by Gasteiger charge is 2.22. The van der Waals surface area contributed by atoms with Crippen LogP contribution in [0.15, 0.2) is 47.8 Å². The monoisotopic (exact) mass is 288 g/mol. The molecule has 1 aliphatic rings. The zero-order chi connectivity index (χ0) is 15.4. The largest absolute Gasteiger partial charge is 0.508 e. The molecular weight excluding hydrogens is 272 g/mol. The molecule has 0 spiro atoms. The number of hydrogen-bond donors (Lipinski definition) is 3. The minimum atomic E-state index is -0.317. The van der Waals surface area contributed by atoms with Crippen molar-refractivity contribution >= 4 is 17.3 Å². The van der Waals surface area contributed by atoms with Gasteiger partial charge in [-0.25, -0.2) is 0 Å². The number of allylic oxidation sites excluding steroid dienone is 2. The molecule has 1 aromatic rings. The molecule has 0 fully saturated rings. The van der Waals surface area contributed by atoms with E-state index in [4.69, 9.17) is 5.11 Å². The lowest BCUT2D eigenvalue weighted by atomic mass is 10.1. The van der Waals surface area contributed by atoms with E-state index in [-0.39, 0.29) is 41.9 Å². The molecule has 3 N–H and O–H groups in total. The van der Waals surface area contributed by atoms with Crippen LogP contribution in [0.25, 0.3) is 0 Å². The number of rotatable bonds is 5. The topological polar surface area (TPSA) is 89.9 Å². The van der Waals surface area contributed by atoms with Gasteiger partial charge in [-0.3, -0.25) is 9.59 Å². The van der Waals surface area contributed by atoms with E-state index in [0.717, 1.165) is 0 Å². The molecule has 110 valence electrons. The van der Waals surface area contributed by atoms with Crippen molar-refractivity contribution in [1.29, 1.82) is 0 Å². The molecule has 6 nitrogen and oxygen atoms in total. The number of phenolic OH excluding ortho intramolecular Hbond substituents is 1. The first kappa shape index (κ1) is 14.8. The van der Waals surface area contributed by atoms with E-state index in [1.165, 1.54) is 29.2 Å². The Kier molecular flexibility index (Phi) is 4.39. The molecule has 2 rings (SSSR count). The summed E-state index contributed by atoms with van der Waals surface area (Å²) in [7, 11) is 1.64. The predicted octanol–water partition coefficient (Wildman–Crippen LogP) is 0.648. The van der Waals surface area contributed by atoms with Gasteiger partial charge >= 0.3 is 0 Å². The summed E-state index contributed by atoms with van der Waals surface area (Å²) in [6, 6.07) is 6.17. The van der Waals surface area contributed by atoms with Gasteiger partial charge in [-0.1, -0.05) is 0 Å². The first-order valence-electron chi connectivity index (χ1n) is 6.41. The van der Waals surface area contributed by atoms with Crippen LogP contribution < -0.4 is 5.32 Å². The number of benzene rings is 1. The molecule has 0 saturated carbocycles. The van der Waals surface area contributed by atoms with Crippen molar-refractivity contribution in [1.82, 2.24) is 4.90 Å². The van der Waals surface area contributed by atoms with Crippen LogP contribution in [0.4, 0.5) is 5.69 Å². The van der Waals surface area contributed by atoms with Crippen LogP contribution >= 0.6 is 0 Å². The molecule has 0 heterocycles. The Morgan fingerprint density at radius 3 is 2.38 bits per heavy atom. The molecule has 1 aromatic carbocycles. The number of aliphatic hydroxyl groups is 1. The van der Waals surface area contributed by atoms with Gasteiger partial charge in [0.05, 0.1) is 18.0 Å². The summed E-state index contributed by atoms with van der Waals surface area (Å²) in [6.45, 7) is 0.178. The smallest absolute Gasteiger partial charge is 0.204 e. The van der Waals surface area contributed by atoms with Gasteiger partial charge in [0.15, 0.2) is 0 Å². The summed E-state index contributed by atoms with van der Waals surface area (Å²) in [5, 5.41) is 20.9. The van der Waals surface area contributed by atoms with Crippen molar-refractivity contribution in [3.8, 4) is 5.75 Å². The fraction of sp³-hybridized carbons (Fsp3) is 0.200. The van der Waals surface area contributed by atoms with E-state index in [9.17, 15) is 14.7 Å². The van der Waals surface area contributed by atoms with E-state index >= 15 is 0 Å². The number of nitrogens with zero attached hydrogens (tertiary/aromatic N) is 1. The van der Waals surface area contributed by atoms with Crippen LogP contribution in [0, 0.1) is 0 Å². The zero-order valence-corrected chi connectivity index (χ0v) is 11.5. The van der Waals surface area contributed by atoms with Crippen molar-refractivity contribution in [3.63, 3.8) is 0 Å². The molecule has 0 amide bonds. The Morgan fingerprint density at radius 1 is 1.10 bits per heavy atom. The number of likely N-dealkylation sites (N-methyl/N-ethyl adjacent to an activating group) is 1. The van der Waals surface area contributed by atoms with Gasteiger partial charge in [0, 0.05) is 31.4 Å². The summed E-state index contributed by atoms with van der Waals surface area (Å²) in [6.07, 6.45) is 2.49. The molecule has 0 aromatic heterocycles. The first-order valence-corrected chi connectivity index (χ1v) is 6.41. The highest BCUT2D eigenvalue weighted by atomic mass is 16.3. The third-order valence-corrected chi connectivity index (χ3v) is 3.05. The maximum atomic E-state index is 12.0. The Bertz CT molecular complexity index is 617. The van der Waals surface area contributed by atoms with E-state index < -0.39 is 0 Å². The second kappa shape index (κ2) is 6.23. The molecule has 0 aliphatic heterocycles. The summed E-state index contributed by atoms with van der Waals surface area (Å²) in [4.78, 5) is 25.6. The molecule has 21 heavy (non-hydrogen) atoms. The molecular formula is C15H16N2O4. The summed E-state index contributed by atoms with van der Waals surface area (Å²) < 4.78 is 0. The Labute approximate surface area is 122 Å². The number of carbonyl (C=O) groups excluding carboxylic acids is 2. The minimum absolute atomic E-state index is 0.0996. The number of phenols is 1. The summed E-state index contributed by atoms with van der Waals surface area (Å²) >= 11 is 0. The maximum absolute atomic E-state index is 12.0. The molecule has 0 saturated heterocycles. The fourth-order valence-corrected chi connectivity index (χ4v) is 1.92. The molecule has 0 bridgehead atoms. The fourth-order valence-electron chi connectivity index (χ4n) is 1.92. The lowest BCUT2D eigenvalue weighted by molar-refractivity contribution is -0.116. The second-order valence-electron chi connectivity index (χ2n) is 4.63. The molecule has 1 aliphatic carbocycles. The SMILES string of the molecule is CN(CCO)C1=CC(=O)C(Nc2ccc(O)cc2)=CC1=O. The van der Waals surface area contributed by atoms with Crippen LogP contribution in [0.2, 0.25) is 0 Å². The van der Waals surface area contributed by atoms with Crippen molar-refractivity contribution in [2.75, 3.05) is 25.5 Å². The predicted molar refractivity (Wildman–Crippen MR) is 77.6 cm³/mol. The van der Waals surface area contributed by atoms with Gasteiger partial charge in [0.1, 0.15) is 5.75 Å². The van der Waals surface area contributed by atoms with Gasteiger partial charge in [0.2, 0.25) is 11.6 Å². The number of hydrogen-bond acceptors (Lipinski definition) is 6. The first-order chi connectivity index (χ1) is 10.0. The molecule has 0 unspecified atom stereocenters. The highest BCUT2D eigenvalue weighted by Crippen LogP contribution is 2.19. The third kappa shape index (κ3) is 3.49. The molecule has 0 radical (unpaired) electrons. The maximum Gasteiger partial charge on any atom is 0.204 e. The van der Waals surface area contributed by atoms with Gasteiger partial charge in [-0.15, -0.1) is 0 Å². The van der Waals surface area contributed by atoms with Crippen molar-refractivity contribution in [2.24, 2.45) is 0 Å². The normalized spacial score (nSPS) is 14.6. The van der Waals surface area contributed by atoms with Crippen LogP contribution in [-0.2, 0) is 9.59 Å². The number of carbonyl (C=O) groups is 2. The summed E-state index contributed by atoms with van der Waals surface area (Å²) in [5.41, 5.74) is 1.03. The van der Waals surface area contributed by atoms with Crippen molar-refractivity contribution < 1.29 is 19.8 Å². The van der Waals surface area contributed by atoms with Gasteiger partial charge in [-0.05, 0) is 24.3 Å². The number of anilines is 1. The highest BCUT2D eigenvalue weighted by molar-refractivity contribution is 6.20. The van der Waals surface area contributed by atoms with Gasteiger partial charge in [0.25, 0.3) is 0 Å². The lowest BCUT2D eigenvalue weighted by Gasteiger charge is -2.22. The quantitative estimate of drug-likeness (QED) is 0.544. The van der Waals surface area contributed by atoms with Gasteiger partial charge in [-0.2, -0.15) is 0 Å². The number of ketones is 2. The minimum Gasteiger partial charge on any atom is -0.508 e. The lowest BCUT2D eigenvalue weighted by Crippen LogP contribution is -2.30. The number of aliphatic hydroxyl groups excluding tert-OH is 1. The third-order valence-electron chi connectivity index (χ3n) is 3.05. The van der Waals surface area contributed by atoms with Crippen molar-refractivity contribution in [3.05, 3.63) is 47.8 Å². The van der Waals surface area contributed by atoms with E-state index in [0.29, 0.717) is 5.69 Å². The number of aromatic hydroxyl groups is 1. The van der Waals surface area contributed by atoms with Gasteiger partial charge < -0.3 is 20.4 Å². The Balaban J connectivity index is 2.14. The Morgan fingerprint density at radius 2 is 1.76 bits per heavy atom. The van der Waals surface area contributed by atoms with E-state index in [1.54, 1.807) is 19.2 Å². The van der Waals surface area contributed by atoms with E-state index in [1.807, 2.05) is 0 Å². The van der Waals surface area contributed by atoms with Crippen LogP contribution in [0.5, 0.6) is 5.75 Å². The average molecular weight is 288 g/mol. The second-order valence-corrected chi connectivity index (χ2v) is 4.63. The van der Waals surface area contributed by atoms with Crippen molar-refractivity contribution in [2.45, 2.75) is 0 Å². The zero-order valence-electron chi connectivity index (χ0n) is 11.5. The Hall–Kier alpha value is -2.60. The van der Waals surface area contributed by atoms with E-state index in [2.05, 4.69) is 5.32 Å². The summed E-state index contributed by atoms with van der Waals surface area (Å²) in [5.74, 6) is -0.498. The molecule has 6 heteroatoms. The van der Waals surface area contributed by atoms with Crippen LogP contribution in [0.1, 0.15) is 0 Å². The van der Waals surface area contributed by atoms with Crippen LogP contribution in [-0.4, -0.2) is 46.9 Å². The standard InChI is InChI=1S/C15H16N2O4/c1-17(6-7-18)13-9-14(20)12(8-15(13)21)16-10-2-4-11(19)5-3-10/h2-5,8-9,16,18-19H,6-7H2,1H3.